The molecule has 144 valence electrons. The van der Waals surface area contributed by atoms with Crippen LogP contribution >= 0.6 is 11.6 Å². The lowest BCUT2D eigenvalue weighted by atomic mass is 9.98. The third kappa shape index (κ3) is 4.57. The first-order valence-corrected chi connectivity index (χ1v) is 10.9. The van der Waals surface area contributed by atoms with E-state index in [9.17, 15) is 13.2 Å². The summed E-state index contributed by atoms with van der Waals surface area (Å²) in [7, 11) is -3.81. The summed E-state index contributed by atoms with van der Waals surface area (Å²) in [4.78, 5) is 14.4. The molecule has 0 aliphatic carbocycles. The molecular weight excluding hydrogens is 376 g/mol. The van der Waals surface area contributed by atoms with Gasteiger partial charge >= 0.3 is 0 Å². The Morgan fingerprint density at radius 3 is 2.69 bits per heavy atom. The molecule has 8 heteroatoms. The van der Waals surface area contributed by atoms with E-state index < -0.39 is 10.0 Å². The van der Waals surface area contributed by atoms with Crippen molar-refractivity contribution >= 4 is 27.5 Å². The molecule has 0 radical (unpaired) electrons. The maximum Gasteiger partial charge on any atom is 0.253 e. The number of benzene rings is 1. The smallest absolute Gasteiger partial charge is 0.253 e. The van der Waals surface area contributed by atoms with E-state index in [0.717, 1.165) is 25.7 Å². The van der Waals surface area contributed by atoms with Gasteiger partial charge in [-0.25, -0.2) is 13.1 Å². The minimum absolute atomic E-state index is 0.0617. The van der Waals surface area contributed by atoms with Crippen molar-refractivity contribution in [1.29, 1.82) is 0 Å². The maximum atomic E-state index is 12.7. The van der Waals surface area contributed by atoms with Crippen molar-refractivity contribution in [2.45, 2.75) is 43.6 Å². The highest BCUT2D eigenvalue weighted by molar-refractivity contribution is 7.89. The zero-order valence-electron chi connectivity index (χ0n) is 14.9. The van der Waals surface area contributed by atoms with Crippen LogP contribution in [0.15, 0.2) is 23.1 Å². The third-order valence-electron chi connectivity index (χ3n) is 5.06. The molecule has 0 aromatic heterocycles. The van der Waals surface area contributed by atoms with Gasteiger partial charge < -0.3 is 9.64 Å². The molecule has 2 aliphatic rings. The van der Waals surface area contributed by atoms with Crippen LogP contribution < -0.4 is 4.72 Å². The van der Waals surface area contributed by atoms with Gasteiger partial charge in [-0.2, -0.15) is 0 Å². The van der Waals surface area contributed by atoms with Gasteiger partial charge in [0, 0.05) is 31.8 Å². The first-order chi connectivity index (χ1) is 12.4. The molecule has 2 fully saturated rings. The maximum absolute atomic E-state index is 12.7. The van der Waals surface area contributed by atoms with Crippen molar-refractivity contribution < 1.29 is 17.9 Å². The Hall–Kier alpha value is -1.15. The summed E-state index contributed by atoms with van der Waals surface area (Å²) >= 11 is 6.11. The number of sulfonamides is 1. The van der Waals surface area contributed by atoms with Gasteiger partial charge in [0.1, 0.15) is 4.90 Å². The van der Waals surface area contributed by atoms with Crippen LogP contribution in [0.4, 0.5) is 0 Å². The Morgan fingerprint density at radius 2 is 2.04 bits per heavy atom. The summed E-state index contributed by atoms with van der Waals surface area (Å²) in [5, 5.41) is 0.105. The molecule has 1 unspecified atom stereocenters. The summed E-state index contributed by atoms with van der Waals surface area (Å²) < 4.78 is 33.2. The van der Waals surface area contributed by atoms with Crippen LogP contribution in [0.25, 0.3) is 0 Å². The van der Waals surface area contributed by atoms with Crippen molar-refractivity contribution in [3.63, 3.8) is 0 Å². The van der Waals surface area contributed by atoms with E-state index in [-0.39, 0.29) is 28.5 Å². The summed E-state index contributed by atoms with van der Waals surface area (Å²) in [6, 6.07) is 4.43. The molecule has 3 rings (SSSR count). The van der Waals surface area contributed by atoms with Crippen molar-refractivity contribution in [2.75, 3.05) is 26.2 Å². The number of halogens is 1. The van der Waals surface area contributed by atoms with Crippen LogP contribution in [-0.4, -0.2) is 51.6 Å². The lowest BCUT2D eigenvalue weighted by Gasteiger charge is -2.30. The van der Waals surface area contributed by atoms with Crippen molar-refractivity contribution in [3.8, 4) is 0 Å². The largest absolute Gasteiger partial charge is 0.377 e. The molecule has 1 aromatic carbocycles. The molecule has 2 aliphatic heterocycles. The lowest BCUT2D eigenvalue weighted by molar-refractivity contribution is 0.0697. The number of carbonyl (C=O) groups is 1. The number of rotatable bonds is 5. The van der Waals surface area contributed by atoms with Crippen molar-refractivity contribution in [3.05, 3.63) is 28.8 Å². The van der Waals surface area contributed by atoms with E-state index in [2.05, 4.69) is 11.6 Å². The molecule has 1 atom stereocenters. The average molecular weight is 401 g/mol. The third-order valence-corrected chi connectivity index (χ3v) is 6.97. The summed E-state index contributed by atoms with van der Waals surface area (Å²) in [6.45, 7) is 4.44. The van der Waals surface area contributed by atoms with Crippen LogP contribution in [0.2, 0.25) is 5.02 Å². The average Bonchev–Trinajstić information content (AvgIpc) is 3.14. The topological polar surface area (TPSA) is 75.7 Å². The molecule has 1 aromatic rings. The van der Waals surface area contributed by atoms with Gasteiger partial charge in [-0.15, -0.1) is 0 Å². The zero-order valence-corrected chi connectivity index (χ0v) is 16.5. The molecule has 0 spiro atoms. The van der Waals surface area contributed by atoms with Gasteiger partial charge in [-0.05, 0) is 49.8 Å². The normalized spacial score (nSPS) is 21.9. The van der Waals surface area contributed by atoms with E-state index in [1.807, 2.05) is 0 Å². The van der Waals surface area contributed by atoms with E-state index in [1.54, 1.807) is 11.0 Å². The highest BCUT2D eigenvalue weighted by Gasteiger charge is 2.26. The fourth-order valence-corrected chi connectivity index (χ4v) is 4.91. The van der Waals surface area contributed by atoms with Gasteiger partial charge in [-0.1, -0.05) is 18.5 Å². The van der Waals surface area contributed by atoms with Crippen LogP contribution in [0.1, 0.15) is 43.0 Å². The number of nitrogens with zero attached hydrogens (tertiary/aromatic N) is 1. The van der Waals surface area contributed by atoms with Crippen LogP contribution in [-0.2, 0) is 14.8 Å². The Bertz CT molecular complexity index is 754. The van der Waals surface area contributed by atoms with E-state index >= 15 is 0 Å². The summed E-state index contributed by atoms with van der Waals surface area (Å²) in [5.74, 6) is 0.464. The van der Waals surface area contributed by atoms with E-state index in [0.29, 0.717) is 31.2 Å². The second kappa shape index (κ2) is 8.25. The number of likely N-dealkylation sites (tertiary alicyclic amines) is 1. The summed E-state index contributed by atoms with van der Waals surface area (Å²) in [6.07, 6.45) is 3.60. The molecule has 0 saturated carbocycles. The van der Waals surface area contributed by atoms with E-state index in [1.165, 1.54) is 12.1 Å². The molecule has 2 saturated heterocycles. The Balaban J connectivity index is 1.75. The van der Waals surface area contributed by atoms with Gasteiger partial charge in [0.15, 0.2) is 0 Å². The number of amides is 1. The van der Waals surface area contributed by atoms with Gasteiger partial charge in [-0.3, -0.25) is 4.79 Å². The standard InChI is InChI=1S/C18H25ClN2O4S/c1-13-6-8-21(9-7-13)18(22)14-4-5-16(19)17(11-14)26(23,24)20-12-15-3-2-10-25-15/h4-5,11,13,15,20H,2-3,6-10,12H2,1H3. The molecule has 1 N–H and O–H groups in total. The van der Waals surface area contributed by atoms with Crippen LogP contribution in [0.3, 0.4) is 0 Å². The first kappa shape index (κ1) is 19.6. The minimum atomic E-state index is -3.81. The van der Waals surface area contributed by atoms with Crippen molar-refractivity contribution in [2.24, 2.45) is 5.92 Å². The predicted octanol–water partition coefficient (Wildman–Crippen LogP) is 2.67. The van der Waals surface area contributed by atoms with Crippen LogP contribution in [0, 0.1) is 5.92 Å². The Labute approximate surface area is 159 Å². The first-order valence-electron chi connectivity index (χ1n) is 9.07. The number of piperidine rings is 1. The molecule has 2 heterocycles. The minimum Gasteiger partial charge on any atom is -0.377 e. The molecule has 6 nitrogen and oxygen atoms in total. The van der Waals surface area contributed by atoms with Gasteiger partial charge in [0.05, 0.1) is 11.1 Å². The Morgan fingerprint density at radius 1 is 1.31 bits per heavy atom. The molecule has 0 bridgehead atoms. The number of hydrogen-bond donors (Lipinski definition) is 1. The SMILES string of the molecule is CC1CCN(C(=O)c2ccc(Cl)c(S(=O)(=O)NCC3CCCO3)c2)CC1. The number of nitrogens with one attached hydrogen (secondary N) is 1. The highest BCUT2D eigenvalue weighted by Crippen LogP contribution is 2.25. The fraction of sp³-hybridized carbons (Fsp3) is 0.611. The zero-order chi connectivity index (χ0) is 18.7. The van der Waals surface area contributed by atoms with E-state index in [4.69, 9.17) is 16.3 Å². The Kier molecular flexibility index (Phi) is 6.22. The predicted molar refractivity (Wildman–Crippen MR) is 99.9 cm³/mol. The second-order valence-electron chi connectivity index (χ2n) is 7.11. The van der Waals surface area contributed by atoms with Crippen LogP contribution in [0.5, 0.6) is 0 Å². The number of hydrogen-bond acceptors (Lipinski definition) is 4. The lowest BCUT2D eigenvalue weighted by Crippen LogP contribution is -2.38. The van der Waals surface area contributed by atoms with Crippen molar-refractivity contribution in [1.82, 2.24) is 9.62 Å². The fourth-order valence-electron chi connectivity index (χ4n) is 3.32. The number of ether oxygens (including phenoxy) is 1. The monoisotopic (exact) mass is 400 g/mol. The van der Waals surface area contributed by atoms with Gasteiger partial charge in [0.2, 0.25) is 10.0 Å². The summed E-state index contributed by atoms with van der Waals surface area (Å²) in [5.41, 5.74) is 0.349. The molecule has 1 amide bonds. The quantitative estimate of drug-likeness (QED) is 0.824. The highest BCUT2D eigenvalue weighted by atomic mass is 35.5. The number of carbonyl (C=O) groups excluding carboxylic acids is 1. The molecular formula is C18H25ClN2O4S. The second-order valence-corrected chi connectivity index (χ2v) is 9.25. The molecule has 26 heavy (non-hydrogen) atoms. The van der Waals surface area contributed by atoms with Gasteiger partial charge in [0.25, 0.3) is 5.91 Å².